The van der Waals surface area contributed by atoms with Crippen LogP contribution in [0.15, 0.2) is 18.2 Å². The molecule has 0 aromatic heterocycles. The van der Waals surface area contributed by atoms with Crippen LogP contribution in [0.4, 0.5) is 18.9 Å². The van der Waals surface area contributed by atoms with Crippen molar-refractivity contribution < 1.29 is 13.2 Å². The van der Waals surface area contributed by atoms with Gasteiger partial charge in [0, 0.05) is 18.8 Å². The van der Waals surface area contributed by atoms with Crippen LogP contribution in [0, 0.1) is 0 Å². The van der Waals surface area contributed by atoms with E-state index in [2.05, 4.69) is 5.32 Å². The summed E-state index contributed by atoms with van der Waals surface area (Å²) in [6.07, 6.45) is -4.33. The van der Waals surface area contributed by atoms with Gasteiger partial charge in [0.1, 0.15) is 0 Å². The topological polar surface area (TPSA) is 38.0 Å². The van der Waals surface area contributed by atoms with Crippen LogP contribution in [0.3, 0.4) is 0 Å². The third-order valence-corrected chi connectivity index (χ3v) is 2.01. The number of nitrogens with two attached hydrogens (primary N) is 1. The standard InChI is InChI=1S/C10H13F3N2/c1-2-15-8-3-4-9(10(11,12)13)7(5-8)6-14/h3-5,15H,2,6,14H2,1H3. The van der Waals surface area contributed by atoms with Crippen LogP contribution < -0.4 is 11.1 Å². The van der Waals surface area contributed by atoms with Gasteiger partial charge in [0.05, 0.1) is 5.56 Å². The predicted molar refractivity (Wildman–Crippen MR) is 53.5 cm³/mol. The first-order valence-corrected chi connectivity index (χ1v) is 4.63. The molecule has 0 aliphatic carbocycles. The summed E-state index contributed by atoms with van der Waals surface area (Å²) >= 11 is 0. The first-order valence-electron chi connectivity index (χ1n) is 4.63. The maximum Gasteiger partial charge on any atom is 0.416 e. The van der Waals surface area contributed by atoms with Crippen molar-refractivity contribution in [3.8, 4) is 0 Å². The zero-order chi connectivity index (χ0) is 11.5. The molecular formula is C10H13F3N2. The van der Waals surface area contributed by atoms with Crippen molar-refractivity contribution in [2.45, 2.75) is 19.6 Å². The maximum atomic E-state index is 12.5. The van der Waals surface area contributed by atoms with Gasteiger partial charge in [-0.25, -0.2) is 0 Å². The summed E-state index contributed by atoms with van der Waals surface area (Å²) < 4.78 is 37.4. The normalized spacial score (nSPS) is 11.5. The molecule has 2 nitrogen and oxygen atoms in total. The average Bonchev–Trinajstić information content (AvgIpc) is 2.16. The molecule has 0 radical (unpaired) electrons. The van der Waals surface area contributed by atoms with Crippen LogP contribution in [0.25, 0.3) is 0 Å². The number of anilines is 1. The molecule has 0 saturated heterocycles. The van der Waals surface area contributed by atoms with Crippen LogP contribution >= 0.6 is 0 Å². The van der Waals surface area contributed by atoms with Gasteiger partial charge in [-0.15, -0.1) is 0 Å². The minimum absolute atomic E-state index is 0.112. The summed E-state index contributed by atoms with van der Waals surface area (Å²) in [5.41, 5.74) is 5.39. The molecule has 0 bridgehead atoms. The van der Waals surface area contributed by atoms with Crippen LogP contribution in [0.1, 0.15) is 18.1 Å². The Hall–Kier alpha value is -1.23. The fourth-order valence-corrected chi connectivity index (χ4v) is 1.35. The van der Waals surface area contributed by atoms with Gasteiger partial charge in [-0.1, -0.05) is 0 Å². The number of hydrogen-bond donors (Lipinski definition) is 2. The smallest absolute Gasteiger partial charge is 0.385 e. The van der Waals surface area contributed by atoms with Crippen LogP contribution in [-0.2, 0) is 12.7 Å². The molecule has 0 aliphatic rings. The Bertz CT molecular complexity index is 334. The fraction of sp³-hybridized carbons (Fsp3) is 0.400. The molecular weight excluding hydrogens is 205 g/mol. The summed E-state index contributed by atoms with van der Waals surface area (Å²) in [6.45, 7) is 2.42. The molecule has 0 saturated carbocycles. The Labute approximate surface area is 86.3 Å². The van der Waals surface area contributed by atoms with E-state index in [9.17, 15) is 13.2 Å². The van der Waals surface area contributed by atoms with Crippen LogP contribution in [-0.4, -0.2) is 6.54 Å². The Kier molecular flexibility index (Phi) is 3.57. The molecule has 15 heavy (non-hydrogen) atoms. The van der Waals surface area contributed by atoms with E-state index >= 15 is 0 Å². The fourth-order valence-electron chi connectivity index (χ4n) is 1.35. The number of hydrogen-bond acceptors (Lipinski definition) is 2. The molecule has 1 aromatic rings. The Morgan fingerprint density at radius 3 is 2.47 bits per heavy atom. The van der Waals surface area contributed by atoms with Crippen molar-refractivity contribution in [3.05, 3.63) is 29.3 Å². The van der Waals surface area contributed by atoms with Crippen molar-refractivity contribution in [1.82, 2.24) is 0 Å². The van der Waals surface area contributed by atoms with Crippen molar-refractivity contribution in [3.63, 3.8) is 0 Å². The molecule has 0 heterocycles. The van der Waals surface area contributed by atoms with E-state index < -0.39 is 11.7 Å². The second-order valence-electron chi connectivity index (χ2n) is 3.10. The average molecular weight is 218 g/mol. The summed E-state index contributed by atoms with van der Waals surface area (Å²) in [7, 11) is 0. The Morgan fingerprint density at radius 1 is 1.33 bits per heavy atom. The zero-order valence-electron chi connectivity index (χ0n) is 8.36. The number of benzene rings is 1. The second kappa shape index (κ2) is 4.53. The summed E-state index contributed by atoms with van der Waals surface area (Å²) in [5.74, 6) is 0. The molecule has 1 rings (SSSR count). The number of alkyl halides is 3. The van der Waals surface area contributed by atoms with Gasteiger partial charge in [-0.2, -0.15) is 13.2 Å². The largest absolute Gasteiger partial charge is 0.416 e. The summed E-state index contributed by atoms with van der Waals surface area (Å²) in [5, 5.41) is 2.94. The highest BCUT2D eigenvalue weighted by Gasteiger charge is 2.32. The highest BCUT2D eigenvalue weighted by molar-refractivity contribution is 5.49. The molecule has 84 valence electrons. The van der Waals surface area contributed by atoms with Crippen LogP contribution in [0.2, 0.25) is 0 Å². The SMILES string of the molecule is CCNc1ccc(C(F)(F)F)c(CN)c1. The van der Waals surface area contributed by atoms with Gasteiger partial charge in [-0.05, 0) is 30.7 Å². The number of nitrogens with one attached hydrogen (secondary N) is 1. The van der Waals surface area contributed by atoms with Gasteiger partial charge >= 0.3 is 6.18 Å². The van der Waals surface area contributed by atoms with Gasteiger partial charge in [0.15, 0.2) is 0 Å². The lowest BCUT2D eigenvalue weighted by Gasteiger charge is -2.13. The molecule has 0 spiro atoms. The minimum atomic E-state index is -4.33. The van der Waals surface area contributed by atoms with Crippen molar-refractivity contribution in [1.29, 1.82) is 0 Å². The molecule has 3 N–H and O–H groups in total. The van der Waals surface area contributed by atoms with Crippen molar-refractivity contribution >= 4 is 5.69 Å². The zero-order valence-corrected chi connectivity index (χ0v) is 8.36. The van der Waals surface area contributed by atoms with Gasteiger partial charge in [-0.3, -0.25) is 0 Å². The molecule has 0 unspecified atom stereocenters. The predicted octanol–water partition coefficient (Wildman–Crippen LogP) is 2.60. The molecule has 1 aromatic carbocycles. The maximum absolute atomic E-state index is 12.5. The van der Waals surface area contributed by atoms with Crippen LogP contribution in [0.5, 0.6) is 0 Å². The quantitative estimate of drug-likeness (QED) is 0.818. The van der Waals surface area contributed by atoms with E-state index in [0.29, 0.717) is 12.2 Å². The summed E-state index contributed by atoms with van der Waals surface area (Å²) in [4.78, 5) is 0. The first-order chi connectivity index (χ1) is 6.99. The minimum Gasteiger partial charge on any atom is -0.385 e. The van der Waals surface area contributed by atoms with Gasteiger partial charge in [0.2, 0.25) is 0 Å². The molecule has 0 aliphatic heterocycles. The molecule has 0 atom stereocenters. The van der Waals surface area contributed by atoms with E-state index in [0.717, 1.165) is 6.07 Å². The van der Waals surface area contributed by atoms with E-state index in [1.165, 1.54) is 12.1 Å². The molecule has 5 heteroatoms. The van der Waals surface area contributed by atoms with Gasteiger partial charge < -0.3 is 11.1 Å². The Morgan fingerprint density at radius 2 is 2.00 bits per heavy atom. The van der Waals surface area contributed by atoms with E-state index in [-0.39, 0.29) is 12.1 Å². The molecule has 0 amide bonds. The number of rotatable bonds is 3. The highest BCUT2D eigenvalue weighted by atomic mass is 19.4. The van der Waals surface area contributed by atoms with E-state index in [1.807, 2.05) is 6.92 Å². The third-order valence-electron chi connectivity index (χ3n) is 2.01. The Balaban J connectivity index is 3.09. The van der Waals surface area contributed by atoms with E-state index in [1.54, 1.807) is 0 Å². The lowest BCUT2D eigenvalue weighted by Crippen LogP contribution is -2.12. The highest BCUT2D eigenvalue weighted by Crippen LogP contribution is 2.33. The van der Waals surface area contributed by atoms with Crippen molar-refractivity contribution in [2.75, 3.05) is 11.9 Å². The lowest BCUT2D eigenvalue weighted by atomic mass is 10.1. The van der Waals surface area contributed by atoms with E-state index in [4.69, 9.17) is 5.73 Å². The third kappa shape index (κ3) is 2.86. The first kappa shape index (κ1) is 11.8. The second-order valence-corrected chi connectivity index (χ2v) is 3.10. The molecule has 0 fully saturated rings. The lowest BCUT2D eigenvalue weighted by molar-refractivity contribution is -0.138. The number of halogens is 3. The van der Waals surface area contributed by atoms with Crippen molar-refractivity contribution in [2.24, 2.45) is 5.73 Å². The van der Waals surface area contributed by atoms with Gasteiger partial charge in [0.25, 0.3) is 0 Å². The summed E-state index contributed by atoms with van der Waals surface area (Å²) in [6, 6.07) is 3.90. The monoisotopic (exact) mass is 218 g/mol.